The van der Waals surface area contributed by atoms with Gasteiger partial charge in [-0.05, 0) is 24.2 Å². The van der Waals surface area contributed by atoms with Gasteiger partial charge in [0.1, 0.15) is 0 Å². The van der Waals surface area contributed by atoms with Crippen molar-refractivity contribution in [3.63, 3.8) is 0 Å². The fourth-order valence-electron chi connectivity index (χ4n) is 3.02. The lowest BCUT2D eigenvalue weighted by Crippen LogP contribution is -2.07. The van der Waals surface area contributed by atoms with Gasteiger partial charge < -0.3 is 0 Å². The molecule has 128 valence electrons. The predicted molar refractivity (Wildman–Crippen MR) is 95.0 cm³/mol. The van der Waals surface area contributed by atoms with E-state index in [1.807, 2.05) is 4.68 Å². The number of rotatable bonds is 11. The van der Waals surface area contributed by atoms with Gasteiger partial charge >= 0.3 is 0 Å². The second-order valence-electron chi connectivity index (χ2n) is 7.55. The van der Waals surface area contributed by atoms with Gasteiger partial charge in [0.15, 0.2) is 0 Å². The SMILES string of the molecule is CCC(CCCCCCn1cc(C(C)C(C)C)nn1)C(C)C. The van der Waals surface area contributed by atoms with Gasteiger partial charge in [-0.3, -0.25) is 4.68 Å². The van der Waals surface area contributed by atoms with Crippen LogP contribution in [0.5, 0.6) is 0 Å². The van der Waals surface area contributed by atoms with Crippen LogP contribution in [0.2, 0.25) is 0 Å². The van der Waals surface area contributed by atoms with E-state index in [1.54, 1.807) is 0 Å². The summed E-state index contributed by atoms with van der Waals surface area (Å²) in [5.41, 5.74) is 1.14. The van der Waals surface area contributed by atoms with Crippen LogP contribution in [0.15, 0.2) is 6.20 Å². The highest BCUT2D eigenvalue weighted by atomic mass is 15.4. The van der Waals surface area contributed by atoms with E-state index >= 15 is 0 Å². The van der Waals surface area contributed by atoms with E-state index in [2.05, 4.69) is 58.1 Å². The maximum Gasteiger partial charge on any atom is 0.0857 e. The summed E-state index contributed by atoms with van der Waals surface area (Å²) < 4.78 is 2.02. The largest absolute Gasteiger partial charge is 0.252 e. The molecule has 2 atom stereocenters. The van der Waals surface area contributed by atoms with Crippen molar-refractivity contribution in [1.29, 1.82) is 0 Å². The van der Waals surface area contributed by atoms with Gasteiger partial charge in [-0.15, -0.1) is 5.10 Å². The number of hydrogen-bond donors (Lipinski definition) is 0. The van der Waals surface area contributed by atoms with Crippen LogP contribution in [0, 0.1) is 17.8 Å². The molecule has 3 nitrogen and oxygen atoms in total. The second kappa shape index (κ2) is 10.0. The Morgan fingerprint density at radius 3 is 2.23 bits per heavy atom. The maximum atomic E-state index is 4.32. The third-order valence-electron chi connectivity index (χ3n) is 5.20. The van der Waals surface area contributed by atoms with Crippen molar-refractivity contribution < 1.29 is 0 Å². The van der Waals surface area contributed by atoms with Crippen LogP contribution < -0.4 is 0 Å². The van der Waals surface area contributed by atoms with E-state index in [1.165, 1.54) is 38.5 Å². The number of aromatic nitrogens is 3. The molecule has 0 saturated carbocycles. The molecular weight excluding hydrogens is 270 g/mol. The van der Waals surface area contributed by atoms with Crippen molar-refractivity contribution in [3.8, 4) is 0 Å². The van der Waals surface area contributed by atoms with E-state index in [-0.39, 0.29) is 0 Å². The van der Waals surface area contributed by atoms with Gasteiger partial charge in [-0.25, -0.2) is 0 Å². The lowest BCUT2D eigenvalue weighted by molar-refractivity contribution is 0.334. The Kier molecular flexibility index (Phi) is 8.74. The van der Waals surface area contributed by atoms with Crippen LogP contribution in [0.3, 0.4) is 0 Å². The zero-order chi connectivity index (χ0) is 16.5. The molecular formula is C19H37N3. The molecule has 0 bridgehead atoms. The molecule has 0 fully saturated rings. The molecule has 0 radical (unpaired) electrons. The molecule has 0 aliphatic heterocycles. The molecule has 3 heteroatoms. The van der Waals surface area contributed by atoms with E-state index in [4.69, 9.17) is 0 Å². The van der Waals surface area contributed by atoms with Crippen molar-refractivity contribution >= 4 is 0 Å². The highest BCUT2D eigenvalue weighted by Gasteiger charge is 2.13. The molecule has 1 aromatic heterocycles. The van der Waals surface area contributed by atoms with Gasteiger partial charge in [0.2, 0.25) is 0 Å². The van der Waals surface area contributed by atoms with Crippen LogP contribution in [0.4, 0.5) is 0 Å². The summed E-state index contributed by atoms with van der Waals surface area (Å²) in [6.07, 6.45) is 10.1. The quantitative estimate of drug-likeness (QED) is 0.493. The summed E-state index contributed by atoms with van der Waals surface area (Å²) in [5.74, 6) is 2.87. The number of nitrogens with zero attached hydrogens (tertiary/aromatic N) is 3. The first-order chi connectivity index (χ1) is 10.5. The molecule has 1 heterocycles. The summed E-state index contributed by atoms with van der Waals surface area (Å²) in [7, 11) is 0. The van der Waals surface area contributed by atoms with Crippen molar-refractivity contribution in [2.24, 2.45) is 17.8 Å². The highest BCUT2D eigenvalue weighted by molar-refractivity contribution is 5.01. The minimum atomic E-state index is 0.496. The molecule has 0 aliphatic carbocycles. The minimum Gasteiger partial charge on any atom is -0.252 e. The van der Waals surface area contributed by atoms with Crippen LogP contribution >= 0.6 is 0 Å². The summed E-state index contributed by atoms with van der Waals surface area (Å²) in [4.78, 5) is 0. The standard InChI is InChI=1S/C19H37N3/c1-7-18(16(4)5)12-10-8-9-11-13-22-14-19(20-21-22)17(6)15(2)3/h14-18H,7-13H2,1-6H3. The van der Waals surface area contributed by atoms with E-state index < -0.39 is 0 Å². The monoisotopic (exact) mass is 307 g/mol. The Morgan fingerprint density at radius 2 is 1.64 bits per heavy atom. The van der Waals surface area contributed by atoms with Crippen LogP contribution in [-0.4, -0.2) is 15.0 Å². The lowest BCUT2D eigenvalue weighted by atomic mass is 9.88. The molecule has 0 N–H and O–H groups in total. The van der Waals surface area contributed by atoms with Crippen molar-refractivity contribution in [3.05, 3.63) is 11.9 Å². The second-order valence-corrected chi connectivity index (χ2v) is 7.55. The predicted octanol–water partition coefficient (Wildman–Crippen LogP) is 5.67. The smallest absolute Gasteiger partial charge is 0.0857 e. The Labute approximate surface area is 137 Å². The molecule has 1 rings (SSSR count). The average Bonchev–Trinajstić information content (AvgIpc) is 2.93. The first-order valence-corrected chi connectivity index (χ1v) is 9.35. The molecule has 1 aromatic rings. The highest BCUT2D eigenvalue weighted by Crippen LogP contribution is 2.22. The molecule has 22 heavy (non-hydrogen) atoms. The molecule has 0 aromatic carbocycles. The van der Waals surface area contributed by atoms with Crippen LogP contribution in [-0.2, 0) is 6.54 Å². The van der Waals surface area contributed by atoms with Gasteiger partial charge in [0, 0.05) is 18.7 Å². The first kappa shape index (κ1) is 19.2. The van der Waals surface area contributed by atoms with Gasteiger partial charge in [-0.2, -0.15) is 0 Å². The first-order valence-electron chi connectivity index (χ1n) is 9.35. The topological polar surface area (TPSA) is 30.7 Å². The molecule has 0 amide bonds. The molecule has 0 aliphatic rings. The fourth-order valence-corrected chi connectivity index (χ4v) is 3.02. The van der Waals surface area contributed by atoms with E-state index in [9.17, 15) is 0 Å². The van der Waals surface area contributed by atoms with Gasteiger partial charge in [-0.1, -0.05) is 78.9 Å². The normalized spacial score (nSPS) is 14.7. The zero-order valence-corrected chi connectivity index (χ0v) is 15.7. The van der Waals surface area contributed by atoms with Crippen LogP contribution in [0.25, 0.3) is 0 Å². The van der Waals surface area contributed by atoms with Crippen molar-refractivity contribution in [1.82, 2.24) is 15.0 Å². The van der Waals surface area contributed by atoms with Crippen LogP contribution in [0.1, 0.15) is 91.7 Å². The summed E-state index contributed by atoms with van der Waals surface area (Å²) in [5, 5.41) is 8.59. The summed E-state index contributed by atoms with van der Waals surface area (Å²) in [6.45, 7) is 14.8. The Bertz CT molecular complexity index is 395. The average molecular weight is 308 g/mol. The summed E-state index contributed by atoms with van der Waals surface area (Å²) in [6, 6.07) is 0. The Hall–Kier alpha value is -0.860. The van der Waals surface area contributed by atoms with Gasteiger partial charge in [0.05, 0.1) is 5.69 Å². The van der Waals surface area contributed by atoms with Crippen molar-refractivity contribution in [2.45, 2.75) is 92.5 Å². The molecule has 0 saturated heterocycles. The lowest BCUT2D eigenvalue weighted by Gasteiger charge is -2.18. The summed E-state index contributed by atoms with van der Waals surface area (Å²) >= 11 is 0. The molecule has 0 spiro atoms. The third-order valence-corrected chi connectivity index (χ3v) is 5.20. The minimum absolute atomic E-state index is 0.496. The number of unbranched alkanes of at least 4 members (excludes halogenated alkanes) is 3. The Balaban J connectivity index is 2.17. The van der Waals surface area contributed by atoms with E-state index in [0.717, 1.165) is 24.1 Å². The number of hydrogen-bond acceptors (Lipinski definition) is 2. The molecule has 2 unspecified atom stereocenters. The van der Waals surface area contributed by atoms with E-state index in [0.29, 0.717) is 11.8 Å². The Morgan fingerprint density at radius 1 is 0.955 bits per heavy atom. The number of aryl methyl sites for hydroxylation is 1. The fraction of sp³-hybridized carbons (Fsp3) is 0.895. The maximum absolute atomic E-state index is 4.32. The third kappa shape index (κ3) is 6.50. The van der Waals surface area contributed by atoms with Crippen molar-refractivity contribution in [2.75, 3.05) is 0 Å². The van der Waals surface area contributed by atoms with Gasteiger partial charge in [0.25, 0.3) is 0 Å². The zero-order valence-electron chi connectivity index (χ0n) is 15.7.